The van der Waals surface area contributed by atoms with Gasteiger partial charge >= 0.3 is 0 Å². The number of nitrogens with zero attached hydrogens (tertiary/aromatic N) is 1. The molecule has 0 N–H and O–H groups in total. The van der Waals surface area contributed by atoms with Crippen LogP contribution >= 0.6 is 0 Å². The van der Waals surface area contributed by atoms with Gasteiger partial charge in [0.15, 0.2) is 0 Å². The highest BCUT2D eigenvalue weighted by atomic mass is 16.2. The third kappa shape index (κ3) is 3.80. The van der Waals surface area contributed by atoms with Crippen LogP contribution in [0.25, 0.3) is 0 Å². The summed E-state index contributed by atoms with van der Waals surface area (Å²) in [6, 6.07) is 0.477. The van der Waals surface area contributed by atoms with Gasteiger partial charge in [-0.1, -0.05) is 39.5 Å². The van der Waals surface area contributed by atoms with Crippen LogP contribution in [0.5, 0.6) is 0 Å². The summed E-state index contributed by atoms with van der Waals surface area (Å²) in [4.78, 5) is 14.2. The molecule has 1 rings (SSSR count). The van der Waals surface area contributed by atoms with Gasteiger partial charge in [0.2, 0.25) is 5.91 Å². The van der Waals surface area contributed by atoms with Crippen LogP contribution in [0, 0.1) is 5.92 Å². The van der Waals surface area contributed by atoms with E-state index in [0.29, 0.717) is 11.9 Å². The van der Waals surface area contributed by atoms with Crippen molar-refractivity contribution in [1.29, 1.82) is 0 Å². The molecule has 1 fully saturated rings. The Morgan fingerprint density at radius 1 is 1.38 bits per heavy atom. The summed E-state index contributed by atoms with van der Waals surface area (Å²) in [5.41, 5.74) is 0. The minimum absolute atomic E-state index is 0.234. The monoisotopic (exact) mass is 225 g/mol. The quantitative estimate of drug-likeness (QED) is 0.632. The molecule has 2 nitrogen and oxygen atoms in total. The Hall–Kier alpha value is -0.530. The van der Waals surface area contributed by atoms with Gasteiger partial charge in [-0.25, -0.2) is 0 Å². The number of unbranched alkanes of at least 4 members (excludes halogenated alkanes) is 3. The lowest BCUT2D eigenvalue weighted by Crippen LogP contribution is -2.37. The van der Waals surface area contributed by atoms with Crippen molar-refractivity contribution in [2.75, 3.05) is 6.54 Å². The van der Waals surface area contributed by atoms with Crippen molar-refractivity contribution in [3.63, 3.8) is 0 Å². The smallest absolute Gasteiger partial charge is 0.225 e. The first-order valence-corrected chi connectivity index (χ1v) is 6.97. The maximum atomic E-state index is 12.1. The molecule has 2 atom stereocenters. The maximum Gasteiger partial charge on any atom is 0.225 e. The second-order valence-electron chi connectivity index (χ2n) is 5.27. The minimum Gasteiger partial charge on any atom is -0.340 e. The van der Waals surface area contributed by atoms with Crippen LogP contribution in [0.2, 0.25) is 0 Å². The number of carbonyl (C=O) groups is 1. The fraction of sp³-hybridized carbons (Fsp3) is 0.929. The van der Waals surface area contributed by atoms with Crippen molar-refractivity contribution >= 4 is 5.91 Å². The number of hydrogen-bond donors (Lipinski definition) is 0. The van der Waals surface area contributed by atoms with Crippen LogP contribution in [-0.4, -0.2) is 23.4 Å². The zero-order valence-corrected chi connectivity index (χ0v) is 11.2. The van der Waals surface area contributed by atoms with Crippen molar-refractivity contribution in [1.82, 2.24) is 4.90 Å². The van der Waals surface area contributed by atoms with E-state index < -0.39 is 0 Å². The molecule has 0 aromatic heterocycles. The molecule has 0 radical (unpaired) electrons. The molecule has 1 amide bonds. The Morgan fingerprint density at radius 3 is 2.69 bits per heavy atom. The molecular weight excluding hydrogens is 198 g/mol. The molecule has 0 aliphatic carbocycles. The zero-order chi connectivity index (χ0) is 12.0. The number of rotatable bonds is 6. The zero-order valence-electron chi connectivity index (χ0n) is 11.2. The second kappa shape index (κ2) is 6.93. The Kier molecular flexibility index (Phi) is 5.86. The lowest BCUT2D eigenvalue weighted by molar-refractivity contribution is -0.135. The summed E-state index contributed by atoms with van der Waals surface area (Å²) in [6.07, 6.45) is 8.52. The van der Waals surface area contributed by atoms with Gasteiger partial charge < -0.3 is 4.90 Å². The number of amides is 1. The summed E-state index contributed by atoms with van der Waals surface area (Å²) in [5, 5.41) is 0. The van der Waals surface area contributed by atoms with Crippen LogP contribution < -0.4 is 0 Å². The van der Waals surface area contributed by atoms with E-state index in [1.807, 2.05) is 0 Å². The molecule has 0 aromatic rings. The average molecular weight is 225 g/mol. The van der Waals surface area contributed by atoms with E-state index in [-0.39, 0.29) is 5.92 Å². The highest BCUT2D eigenvalue weighted by Crippen LogP contribution is 2.21. The number of hydrogen-bond acceptors (Lipinski definition) is 1. The van der Waals surface area contributed by atoms with Crippen LogP contribution in [0.4, 0.5) is 0 Å². The number of carbonyl (C=O) groups excluding carboxylic acids is 1. The molecule has 0 aromatic carbocycles. The van der Waals surface area contributed by atoms with Gasteiger partial charge in [0, 0.05) is 18.5 Å². The van der Waals surface area contributed by atoms with Gasteiger partial charge in [-0.2, -0.15) is 0 Å². The van der Waals surface area contributed by atoms with Crippen molar-refractivity contribution in [3.05, 3.63) is 0 Å². The van der Waals surface area contributed by atoms with Crippen molar-refractivity contribution < 1.29 is 4.79 Å². The summed E-state index contributed by atoms with van der Waals surface area (Å²) >= 11 is 0. The lowest BCUT2D eigenvalue weighted by Gasteiger charge is -2.25. The fourth-order valence-corrected chi connectivity index (χ4v) is 2.54. The summed E-state index contributed by atoms with van der Waals surface area (Å²) in [5.74, 6) is 0.624. The van der Waals surface area contributed by atoms with E-state index >= 15 is 0 Å². The first kappa shape index (κ1) is 13.5. The normalized spacial score (nSPS) is 22.4. The van der Waals surface area contributed by atoms with Gasteiger partial charge in [-0.05, 0) is 26.2 Å². The molecule has 1 aliphatic rings. The molecule has 0 spiro atoms. The Balaban J connectivity index is 2.24. The van der Waals surface area contributed by atoms with Crippen LogP contribution in [-0.2, 0) is 4.79 Å². The molecule has 1 aliphatic heterocycles. The third-order valence-electron chi connectivity index (χ3n) is 3.75. The maximum absolute atomic E-state index is 12.1. The van der Waals surface area contributed by atoms with Crippen molar-refractivity contribution in [2.45, 2.75) is 71.8 Å². The second-order valence-corrected chi connectivity index (χ2v) is 5.27. The highest BCUT2D eigenvalue weighted by Gasteiger charge is 2.27. The molecule has 0 saturated carbocycles. The van der Waals surface area contributed by atoms with E-state index in [0.717, 1.165) is 13.0 Å². The van der Waals surface area contributed by atoms with E-state index in [1.165, 1.54) is 38.5 Å². The third-order valence-corrected chi connectivity index (χ3v) is 3.75. The highest BCUT2D eigenvalue weighted by molar-refractivity contribution is 5.79. The predicted octanol–water partition coefficient (Wildman–Crippen LogP) is 3.60. The molecule has 1 unspecified atom stereocenters. The van der Waals surface area contributed by atoms with Gasteiger partial charge in [-0.15, -0.1) is 0 Å². The summed E-state index contributed by atoms with van der Waals surface area (Å²) in [7, 11) is 0. The Morgan fingerprint density at radius 2 is 2.12 bits per heavy atom. The van der Waals surface area contributed by atoms with Crippen molar-refractivity contribution in [3.8, 4) is 0 Å². The van der Waals surface area contributed by atoms with E-state index in [9.17, 15) is 4.79 Å². The summed E-state index contributed by atoms with van der Waals surface area (Å²) in [6.45, 7) is 7.48. The SMILES string of the molecule is CCCCCCC(C)C(=O)N1CCC[C@@H]1C. The first-order valence-electron chi connectivity index (χ1n) is 6.97. The average Bonchev–Trinajstić information content (AvgIpc) is 2.69. The van der Waals surface area contributed by atoms with Crippen LogP contribution in [0.15, 0.2) is 0 Å². The van der Waals surface area contributed by atoms with Crippen LogP contribution in [0.1, 0.15) is 65.7 Å². The van der Waals surface area contributed by atoms with Gasteiger partial charge in [0.05, 0.1) is 0 Å². The summed E-state index contributed by atoms with van der Waals surface area (Å²) < 4.78 is 0. The standard InChI is InChI=1S/C14H27NO/c1-4-5-6-7-9-12(2)14(16)15-11-8-10-13(15)3/h12-13H,4-11H2,1-3H3/t12?,13-/m0/s1. The van der Waals surface area contributed by atoms with Gasteiger partial charge in [0.25, 0.3) is 0 Å². The van der Waals surface area contributed by atoms with E-state index in [4.69, 9.17) is 0 Å². The molecule has 2 heteroatoms. The molecule has 0 bridgehead atoms. The van der Waals surface area contributed by atoms with Gasteiger partial charge in [-0.3, -0.25) is 4.79 Å². The predicted molar refractivity (Wildman–Crippen MR) is 68.3 cm³/mol. The molecule has 1 saturated heterocycles. The van der Waals surface area contributed by atoms with Crippen molar-refractivity contribution in [2.24, 2.45) is 5.92 Å². The lowest BCUT2D eigenvalue weighted by atomic mass is 10.0. The minimum atomic E-state index is 0.234. The molecule has 1 heterocycles. The first-order chi connectivity index (χ1) is 7.66. The Bertz CT molecular complexity index is 215. The van der Waals surface area contributed by atoms with Gasteiger partial charge in [0.1, 0.15) is 0 Å². The molecule has 94 valence electrons. The topological polar surface area (TPSA) is 20.3 Å². The molecular formula is C14H27NO. The fourth-order valence-electron chi connectivity index (χ4n) is 2.54. The number of likely N-dealkylation sites (tertiary alicyclic amines) is 1. The molecule has 16 heavy (non-hydrogen) atoms. The Labute approximate surface area is 100 Å². The largest absolute Gasteiger partial charge is 0.340 e. The van der Waals surface area contributed by atoms with E-state index in [1.54, 1.807) is 0 Å². The van der Waals surface area contributed by atoms with Crippen LogP contribution in [0.3, 0.4) is 0 Å². The van der Waals surface area contributed by atoms with E-state index in [2.05, 4.69) is 25.7 Å².